The second-order valence-corrected chi connectivity index (χ2v) is 7.11. The van der Waals surface area contributed by atoms with Crippen LogP contribution in [0, 0.1) is 11.8 Å². The Kier molecular flexibility index (Phi) is 6.46. The van der Waals surface area contributed by atoms with Gasteiger partial charge in [0.15, 0.2) is 0 Å². The molecule has 0 amide bonds. The van der Waals surface area contributed by atoms with Crippen molar-refractivity contribution in [3.05, 3.63) is 29.8 Å². The molecule has 128 valence electrons. The lowest BCUT2D eigenvalue weighted by atomic mass is 9.85. The third-order valence-electron chi connectivity index (χ3n) is 4.88. The lowest BCUT2D eigenvalue weighted by Gasteiger charge is -2.34. The average Bonchev–Trinajstić information content (AvgIpc) is 2.53. The van der Waals surface area contributed by atoms with Gasteiger partial charge in [0, 0.05) is 17.8 Å². The first-order chi connectivity index (χ1) is 11.0. The van der Waals surface area contributed by atoms with Gasteiger partial charge in [-0.1, -0.05) is 33.6 Å². The summed E-state index contributed by atoms with van der Waals surface area (Å²) in [6.45, 7) is 7.06. The van der Waals surface area contributed by atoms with E-state index < -0.39 is 0 Å². The number of benzene rings is 1. The molecule has 1 aliphatic carbocycles. The highest BCUT2D eigenvalue weighted by Gasteiger charge is 2.26. The molecular formula is C19H30N2O2. The van der Waals surface area contributed by atoms with Gasteiger partial charge in [-0.2, -0.15) is 0 Å². The molecule has 1 aliphatic rings. The van der Waals surface area contributed by atoms with Crippen LogP contribution in [0.25, 0.3) is 0 Å². The predicted molar refractivity (Wildman–Crippen MR) is 94.3 cm³/mol. The van der Waals surface area contributed by atoms with Crippen LogP contribution in [-0.4, -0.2) is 24.7 Å². The monoisotopic (exact) mass is 318 g/mol. The summed E-state index contributed by atoms with van der Waals surface area (Å²) in [5.41, 5.74) is 6.84. The van der Waals surface area contributed by atoms with E-state index in [1.54, 1.807) is 24.3 Å². The fourth-order valence-corrected chi connectivity index (χ4v) is 3.14. The summed E-state index contributed by atoms with van der Waals surface area (Å²) < 4.78 is 5.53. The van der Waals surface area contributed by atoms with Crippen LogP contribution < -0.4 is 11.1 Å². The van der Waals surface area contributed by atoms with Gasteiger partial charge in [0.25, 0.3) is 0 Å². The fraction of sp³-hybridized carbons (Fsp3) is 0.632. The number of hydrogen-bond acceptors (Lipinski definition) is 4. The number of ether oxygens (including phenoxy) is 1. The van der Waals surface area contributed by atoms with Gasteiger partial charge in [0.05, 0.1) is 5.56 Å². The summed E-state index contributed by atoms with van der Waals surface area (Å²) in [5, 5.41) is 3.72. The first-order valence-corrected chi connectivity index (χ1v) is 8.76. The molecule has 3 atom stereocenters. The van der Waals surface area contributed by atoms with E-state index in [0.717, 1.165) is 0 Å². The van der Waals surface area contributed by atoms with Crippen molar-refractivity contribution in [2.45, 2.75) is 58.5 Å². The van der Waals surface area contributed by atoms with Crippen LogP contribution in [0.5, 0.6) is 0 Å². The number of nitrogen functional groups attached to an aromatic ring is 1. The van der Waals surface area contributed by atoms with Gasteiger partial charge < -0.3 is 15.8 Å². The predicted octanol–water partition coefficient (Wildman–Crippen LogP) is 3.62. The van der Waals surface area contributed by atoms with Crippen molar-refractivity contribution in [1.29, 1.82) is 0 Å². The molecule has 0 saturated heterocycles. The van der Waals surface area contributed by atoms with Crippen molar-refractivity contribution >= 4 is 11.7 Å². The Morgan fingerprint density at radius 2 is 1.91 bits per heavy atom. The lowest BCUT2D eigenvalue weighted by Crippen LogP contribution is -2.48. The Hall–Kier alpha value is -1.55. The number of anilines is 1. The van der Waals surface area contributed by atoms with Crippen molar-refractivity contribution in [3.63, 3.8) is 0 Å². The molecule has 1 aromatic carbocycles. The van der Waals surface area contributed by atoms with Crippen molar-refractivity contribution in [1.82, 2.24) is 5.32 Å². The van der Waals surface area contributed by atoms with Crippen LogP contribution >= 0.6 is 0 Å². The molecule has 0 spiro atoms. The molecule has 1 fully saturated rings. The fourth-order valence-electron chi connectivity index (χ4n) is 3.14. The molecule has 0 bridgehead atoms. The van der Waals surface area contributed by atoms with Crippen molar-refractivity contribution in [2.75, 3.05) is 12.3 Å². The molecule has 4 nitrogen and oxygen atoms in total. The maximum Gasteiger partial charge on any atom is 0.338 e. The summed E-state index contributed by atoms with van der Waals surface area (Å²) >= 11 is 0. The van der Waals surface area contributed by atoms with Gasteiger partial charge in [0.1, 0.15) is 6.61 Å². The summed E-state index contributed by atoms with van der Waals surface area (Å²) in [4.78, 5) is 12.1. The summed E-state index contributed by atoms with van der Waals surface area (Å²) in [6, 6.07) is 7.58. The van der Waals surface area contributed by atoms with E-state index in [0.29, 0.717) is 35.7 Å². The highest BCUT2D eigenvalue weighted by Crippen LogP contribution is 2.24. The Morgan fingerprint density at radius 3 is 2.52 bits per heavy atom. The van der Waals surface area contributed by atoms with Gasteiger partial charge in [-0.3, -0.25) is 0 Å². The molecule has 0 aromatic heterocycles. The van der Waals surface area contributed by atoms with Crippen LogP contribution in [0.2, 0.25) is 0 Å². The van der Waals surface area contributed by atoms with Crippen LogP contribution in [0.15, 0.2) is 24.3 Å². The van der Waals surface area contributed by atoms with Gasteiger partial charge >= 0.3 is 5.97 Å². The molecule has 2 rings (SSSR count). The van der Waals surface area contributed by atoms with E-state index in [1.807, 2.05) is 0 Å². The first-order valence-electron chi connectivity index (χ1n) is 8.76. The lowest BCUT2D eigenvalue weighted by molar-refractivity contribution is 0.0421. The minimum atomic E-state index is -0.283. The topological polar surface area (TPSA) is 64.3 Å². The molecule has 0 radical (unpaired) electrons. The van der Waals surface area contributed by atoms with Gasteiger partial charge in [-0.05, 0) is 48.9 Å². The minimum Gasteiger partial charge on any atom is -0.460 e. The second kappa shape index (κ2) is 8.34. The molecule has 3 N–H and O–H groups in total. The largest absolute Gasteiger partial charge is 0.460 e. The summed E-state index contributed by atoms with van der Waals surface area (Å²) in [7, 11) is 0. The molecular weight excluding hydrogens is 288 g/mol. The average molecular weight is 318 g/mol. The van der Waals surface area contributed by atoms with Crippen LogP contribution in [0.1, 0.15) is 56.8 Å². The van der Waals surface area contributed by atoms with E-state index >= 15 is 0 Å². The van der Waals surface area contributed by atoms with Gasteiger partial charge in [-0.25, -0.2) is 4.79 Å². The molecule has 1 aromatic rings. The Labute approximate surface area is 139 Å². The molecule has 0 heterocycles. The van der Waals surface area contributed by atoms with Crippen molar-refractivity contribution < 1.29 is 9.53 Å². The molecule has 3 unspecified atom stereocenters. The first kappa shape index (κ1) is 17.8. The van der Waals surface area contributed by atoms with E-state index in [-0.39, 0.29) is 12.0 Å². The molecule has 23 heavy (non-hydrogen) atoms. The van der Waals surface area contributed by atoms with Gasteiger partial charge in [-0.15, -0.1) is 0 Å². The number of rotatable bonds is 6. The summed E-state index contributed by atoms with van der Waals surface area (Å²) in [6.07, 6.45) is 5.12. The number of esters is 1. The summed E-state index contributed by atoms with van der Waals surface area (Å²) in [5.74, 6) is 0.829. The third kappa shape index (κ3) is 5.24. The number of hydrogen-bond donors (Lipinski definition) is 2. The number of carbonyl (C=O) groups excluding carboxylic acids is 1. The van der Waals surface area contributed by atoms with E-state index in [1.165, 1.54) is 25.7 Å². The van der Waals surface area contributed by atoms with Gasteiger partial charge in [0.2, 0.25) is 0 Å². The zero-order valence-corrected chi connectivity index (χ0v) is 14.5. The molecule has 0 aliphatic heterocycles. The highest BCUT2D eigenvalue weighted by molar-refractivity contribution is 5.89. The highest BCUT2D eigenvalue weighted by atomic mass is 16.5. The van der Waals surface area contributed by atoms with Crippen LogP contribution in [-0.2, 0) is 4.74 Å². The maximum atomic E-state index is 12.1. The SMILES string of the molecule is CC(C)C(COC(=O)c1ccc(N)cc1)NC1CCCCC1C. The Morgan fingerprint density at radius 1 is 1.26 bits per heavy atom. The maximum absolute atomic E-state index is 12.1. The van der Waals surface area contributed by atoms with Crippen LogP contribution in [0.4, 0.5) is 5.69 Å². The zero-order valence-electron chi connectivity index (χ0n) is 14.5. The quantitative estimate of drug-likeness (QED) is 0.621. The van der Waals surface area contributed by atoms with Crippen molar-refractivity contribution in [3.8, 4) is 0 Å². The Balaban J connectivity index is 1.89. The van der Waals surface area contributed by atoms with E-state index in [2.05, 4.69) is 26.1 Å². The minimum absolute atomic E-state index is 0.193. The normalized spacial score (nSPS) is 22.8. The Bertz CT molecular complexity index is 499. The number of carbonyl (C=O) groups is 1. The second-order valence-electron chi connectivity index (χ2n) is 7.11. The molecule has 4 heteroatoms. The zero-order chi connectivity index (χ0) is 16.8. The smallest absolute Gasteiger partial charge is 0.338 e. The van der Waals surface area contributed by atoms with E-state index in [4.69, 9.17) is 10.5 Å². The number of nitrogens with two attached hydrogens (primary N) is 1. The van der Waals surface area contributed by atoms with Crippen LogP contribution in [0.3, 0.4) is 0 Å². The molecule has 1 saturated carbocycles. The third-order valence-corrected chi connectivity index (χ3v) is 4.88. The van der Waals surface area contributed by atoms with Crippen molar-refractivity contribution in [2.24, 2.45) is 11.8 Å². The van der Waals surface area contributed by atoms with E-state index in [9.17, 15) is 4.79 Å². The number of nitrogens with one attached hydrogen (secondary N) is 1. The standard InChI is InChI=1S/C19H30N2O2/c1-13(2)18(21-17-7-5-4-6-14(17)3)12-23-19(22)15-8-10-16(20)11-9-15/h8-11,13-14,17-18,21H,4-7,12,20H2,1-3H3.